The molecule has 0 heterocycles. The molecule has 0 N–H and O–H groups in total. The fourth-order valence-electron chi connectivity index (χ4n) is 0.469. The standard InChI is InChI=1S/C8H18N2.ClHO4/c1-9(2)7-6-8-10(3,4)5;2-1(3,4)5/h6-8H,1-5H3;(H,2,3,4,5)/q+2;/p-1/b8-6+;. The maximum atomic E-state index is 8.49. The zero-order chi connectivity index (χ0) is 12.7. The van der Waals surface area contributed by atoms with Gasteiger partial charge in [-0.1, -0.05) is 0 Å². The van der Waals surface area contributed by atoms with E-state index in [9.17, 15) is 0 Å². The number of rotatable bonds is 2. The molecule has 0 radical (unpaired) electrons. The molecule has 0 aliphatic heterocycles. The van der Waals surface area contributed by atoms with Gasteiger partial charge in [0.15, 0.2) is 6.21 Å². The first kappa shape index (κ1) is 16.9. The summed E-state index contributed by atoms with van der Waals surface area (Å²) in [6.07, 6.45) is 6.21. The number of hydrogen-bond acceptors (Lipinski definition) is 4. The Morgan fingerprint density at radius 2 is 1.33 bits per heavy atom. The third kappa shape index (κ3) is 42.3. The van der Waals surface area contributed by atoms with Crippen molar-refractivity contribution in [1.29, 1.82) is 0 Å². The van der Waals surface area contributed by atoms with E-state index in [-0.39, 0.29) is 0 Å². The van der Waals surface area contributed by atoms with Crippen LogP contribution in [0.2, 0.25) is 0 Å². The third-order valence-corrected chi connectivity index (χ3v) is 0.917. The van der Waals surface area contributed by atoms with Crippen LogP contribution in [0.5, 0.6) is 0 Å². The second-order valence-corrected chi connectivity index (χ2v) is 4.70. The lowest BCUT2D eigenvalue weighted by molar-refractivity contribution is -2.00. The summed E-state index contributed by atoms with van der Waals surface area (Å²) in [4.78, 5) is 0. The summed E-state index contributed by atoms with van der Waals surface area (Å²) in [5.74, 6) is 0. The summed E-state index contributed by atoms with van der Waals surface area (Å²) < 4.78 is 36.9. The molecule has 0 bridgehead atoms. The van der Waals surface area contributed by atoms with Gasteiger partial charge in [-0.25, -0.2) is 23.2 Å². The van der Waals surface area contributed by atoms with Crippen molar-refractivity contribution in [3.63, 3.8) is 0 Å². The van der Waals surface area contributed by atoms with Gasteiger partial charge in [0.05, 0.1) is 27.2 Å². The highest BCUT2D eigenvalue weighted by molar-refractivity contribution is 5.65. The Kier molecular flexibility index (Phi) is 7.77. The first-order chi connectivity index (χ1) is 6.42. The third-order valence-electron chi connectivity index (χ3n) is 0.917. The van der Waals surface area contributed by atoms with E-state index in [4.69, 9.17) is 18.6 Å². The van der Waals surface area contributed by atoms with Gasteiger partial charge in [-0.2, -0.15) is 0 Å². The Morgan fingerprint density at radius 3 is 1.53 bits per heavy atom. The minimum Gasteiger partial charge on any atom is -0.304 e. The lowest BCUT2D eigenvalue weighted by Gasteiger charge is -2.17. The fourth-order valence-corrected chi connectivity index (χ4v) is 0.469. The molecule has 0 atom stereocenters. The molecule has 0 aliphatic rings. The van der Waals surface area contributed by atoms with Crippen LogP contribution in [0, 0.1) is 10.2 Å². The van der Waals surface area contributed by atoms with Crippen molar-refractivity contribution >= 4 is 6.21 Å². The van der Waals surface area contributed by atoms with Crippen molar-refractivity contribution in [1.82, 2.24) is 0 Å². The molecule has 0 unspecified atom stereocenters. The Morgan fingerprint density at radius 1 is 1.00 bits per heavy atom. The van der Waals surface area contributed by atoms with E-state index in [1.54, 1.807) is 0 Å². The van der Waals surface area contributed by atoms with Crippen LogP contribution in [-0.4, -0.2) is 50.5 Å². The molecule has 0 amide bonds. The molecule has 0 aromatic rings. The van der Waals surface area contributed by atoms with Gasteiger partial charge >= 0.3 is 0 Å². The normalized spacial score (nSPS) is 12.1. The Bertz CT molecular complexity index is 218. The van der Waals surface area contributed by atoms with Crippen LogP contribution in [-0.2, 0) is 0 Å². The number of nitrogens with zero attached hydrogens (tertiary/aromatic N) is 2. The van der Waals surface area contributed by atoms with E-state index in [0.29, 0.717) is 0 Å². The highest BCUT2D eigenvalue weighted by atomic mass is 35.7. The summed E-state index contributed by atoms with van der Waals surface area (Å²) in [6, 6.07) is 0. The van der Waals surface area contributed by atoms with Gasteiger partial charge in [0.25, 0.3) is 0 Å². The van der Waals surface area contributed by atoms with E-state index in [0.717, 1.165) is 4.48 Å². The average Bonchev–Trinajstić information content (AvgIpc) is 1.77. The average molecular weight is 242 g/mol. The van der Waals surface area contributed by atoms with Gasteiger partial charge in [0, 0.05) is 0 Å². The van der Waals surface area contributed by atoms with Gasteiger partial charge in [0.1, 0.15) is 20.3 Å². The first-order valence-electron chi connectivity index (χ1n) is 4.04. The van der Waals surface area contributed by atoms with Crippen LogP contribution in [0.3, 0.4) is 0 Å². The molecule has 0 aromatic heterocycles. The summed E-state index contributed by atoms with van der Waals surface area (Å²) >= 11 is 0. The molecule has 15 heavy (non-hydrogen) atoms. The molecule has 0 aromatic carbocycles. The van der Waals surface area contributed by atoms with Crippen molar-refractivity contribution < 1.29 is 37.9 Å². The topological polar surface area (TPSA) is 95.2 Å². The van der Waals surface area contributed by atoms with Crippen LogP contribution in [0.15, 0.2) is 12.3 Å². The van der Waals surface area contributed by atoms with E-state index in [1.807, 2.05) is 24.9 Å². The minimum atomic E-state index is -4.94. The molecule has 0 saturated heterocycles. The summed E-state index contributed by atoms with van der Waals surface area (Å²) in [5.41, 5.74) is 0. The first-order valence-corrected chi connectivity index (χ1v) is 5.27. The molecular weight excluding hydrogens is 224 g/mol. The van der Waals surface area contributed by atoms with Crippen LogP contribution in [0.1, 0.15) is 0 Å². The summed E-state index contributed by atoms with van der Waals surface area (Å²) in [5, 5.41) is 0. The van der Waals surface area contributed by atoms with Gasteiger partial charge in [-0.3, -0.25) is 0 Å². The van der Waals surface area contributed by atoms with Gasteiger partial charge in [-0.05, 0) is 0 Å². The van der Waals surface area contributed by atoms with Crippen molar-refractivity contribution in [3.8, 4) is 0 Å². The largest absolute Gasteiger partial charge is 0.304 e. The Balaban J connectivity index is 0. The molecule has 0 rings (SSSR count). The molecule has 90 valence electrons. The van der Waals surface area contributed by atoms with E-state index in [1.165, 1.54) is 0 Å². The van der Waals surface area contributed by atoms with E-state index in [2.05, 4.69) is 33.4 Å². The number of allylic oxidation sites excluding steroid dienone is 1. The quantitative estimate of drug-likeness (QED) is 0.278. The SMILES string of the molecule is C[N+](C)=C/C=C/[N+](C)(C)C.[O-][Cl+3]([O-])([O-])[O-]. The van der Waals surface area contributed by atoms with Crippen molar-refractivity contribution in [3.05, 3.63) is 12.3 Å². The predicted molar refractivity (Wildman–Crippen MR) is 45.3 cm³/mol. The maximum absolute atomic E-state index is 8.49. The minimum absolute atomic E-state index is 0.865. The highest BCUT2D eigenvalue weighted by Crippen LogP contribution is 1.88. The van der Waals surface area contributed by atoms with Gasteiger partial charge in [0.2, 0.25) is 0 Å². The van der Waals surface area contributed by atoms with Crippen LogP contribution in [0.4, 0.5) is 0 Å². The molecule has 0 spiro atoms. The lowest BCUT2D eigenvalue weighted by Crippen LogP contribution is -2.68. The van der Waals surface area contributed by atoms with E-state index >= 15 is 0 Å². The summed E-state index contributed by atoms with van der Waals surface area (Å²) in [7, 11) is 5.46. The second kappa shape index (κ2) is 6.89. The number of halogens is 1. The van der Waals surface area contributed by atoms with Gasteiger partial charge < -0.3 is 4.48 Å². The monoisotopic (exact) mass is 241 g/mol. The second-order valence-electron chi connectivity index (χ2n) is 3.95. The number of quaternary nitrogens is 1. The predicted octanol–water partition coefficient (Wildman–Crippen LogP) is -4.21. The van der Waals surface area contributed by atoms with Crippen molar-refractivity contribution in [2.24, 2.45) is 0 Å². The molecular formula is C8H18ClN2O4+. The Hall–Kier alpha value is -0.500. The molecule has 7 heteroatoms. The van der Waals surface area contributed by atoms with Crippen LogP contribution < -0.4 is 18.6 Å². The van der Waals surface area contributed by atoms with Crippen LogP contribution >= 0.6 is 0 Å². The molecule has 0 saturated carbocycles. The zero-order valence-electron chi connectivity index (χ0n) is 9.64. The van der Waals surface area contributed by atoms with Crippen LogP contribution in [0.25, 0.3) is 0 Å². The van der Waals surface area contributed by atoms with Crippen molar-refractivity contribution in [2.45, 2.75) is 0 Å². The van der Waals surface area contributed by atoms with Crippen molar-refractivity contribution in [2.75, 3.05) is 35.2 Å². The smallest absolute Gasteiger partial charge is 0.168 e. The Labute approximate surface area is 92.3 Å². The maximum Gasteiger partial charge on any atom is 0.168 e. The highest BCUT2D eigenvalue weighted by Gasteiger charge is 1.97. The van der Waals surface area contributed by atoms with E-state index < -0.39 is 10.2 Å². The number of hydrogen-bond donors (Lipinski definition) is 0. The molecule has 6 nitrogen and oxygen atoms in total. The lowest BCUT2D eigenvalue weighted by atomic mass is 10.5. The summed E-state index contributed by atoms with van der Waals surface area (Å²) in [6.45, 7) is 0. The fraction of sp³-hybridized carbons (Fsp3) is 0.625. The molecule has 0 aliphatic carbocycles. The molecule has 0 fully saturated rings. The zero-order valence-corrected chi connectivity index (χ0v) is 10.4. The van der Waals surface area contributed by atoms with Gasteiger partial charge in [-0.15, -0.1) is 10.2 Å².